The third-order valence-corrected chi connectivity index (χ3v) is 2.91. The summed E-state index contributed by atoms with van der Waals surface area (Å²) in [6.45, 7) is 2.25. The van der Waals surface area contributed by atoms with E-state index in [1.165, 1.54) is 29.8 Å². The molecule has 0 aliphatic carbocycles. The van der Waals surface area contributed by atoms with E-state index in [2.05, 4.69) is 13.0 Å². The van der Waals surface area contributed by atoms with Crippen LogP contribution in [0.5, 0.6) is 0 Å². The number of allylic oxidation sites excluding steroid dienone is 1. The van der Waals surface area contributed by atoms with Crippen LogP contribution in [0.1, 0.15) is 26.2 Å². The summed E-state index contributed by atoms with van der Waals surface area (Å²) in [5, 5.41) is 2.65. The summed E-state index contributed by atoms with van der Waals surface area (Å²) < 4.78 is 4.80. The van der Waals surface area contributed by atoms with Gasteiger partial charge < -0.3 is 0 Å². The molecule has 0 rings (SSSR count). The first kappa shape index (κ1) is 11.1. The van der Waals surface area contributed by atoms with Crippen LogP contribution in [-0.4, -0.2) is 7.11 Å². The van der Waals surface area contributed by atoms with Gasteiger partial charge in [0.15, 0.2) is 0 Å². The Morgan fingerprint density at radius 2 is 2.18 bits per heavy atom. The van der Waals surface area contributed by atoms with Gasteiger partial charge in [0.2, 0.25) is 0 Å². The molecule has 0 aromatic rings. The van der Waals surface area contributed by atoms with Crippen LogP contribution in [0.2, 0.25) is 10.6 Å². The molecule has 0 fully saturated rings. The van der Waals surface area contributed by atoms with Crippen molar-refractivity contribution in [2.75, 3.05) is 7.11 Å². The van der Waals surface area contributed by atoms with Crippen molar-refractivity contribution in [3.05, 3.63) is 12.3 Å². The minimum absolute atomic E-state index is 0.810. The average molecular weight is 194 g/mol. The standard InChI is InChI=1S/C5H11.C4H7O.Cr/c1-3-5-4-2;1-3-4-5-2;/h1,3-5H2,2H3;3-4H,1H2,2H3;. The molecule has 1 nitrogen and oxygen atoms in total. The van der Waals surface area contributed by atoms with E-state index in [4.69, 9.17) is 4.74 Å². The van der Waals surface area contributed by atoms with Crippen LogP contribution in [0.15, 0.2) is 12.3 Å². The van der Waals surface area contributed by atoms with Gasteiger partial charge >= 0.3 is 76.2 Å². The van der Waals surface area contributed by atoms with Crippen LogP contribution in [0.4, 0.5) is 0 Å². The Kier molecular flexibility index (Phi) is 10.1. The first-order chi connectivity index (χ1) is 5.41. The van der Waals surface area contributed by atoms with Gasteiger partial charge in [-0.2, -0.15) is 0 Å². The van der Waals surface area contributed by atoms with E-state index in [1.54, 1.807) is 13.4 Å². The van der Waals surface area contributed by atoms with E-state index in [9.17, 15) is 0 Å². The summed E-state index contributed by atoms with van der Waals surface area (Å²) >= 11 is 0.810. The fourth-order valence-electron chi connectivity index (χ4n) is 0.741. The molecule has 0 saturated carbocycles. The van der Waals surface area contributed by atoms with Crippen LogP contribution >= 0.6 is 0 Å². The number of hydrogen-bond donors (Lipinski definition) is 0. The Morgan fingerprint density at radius 1 is 1.36 bits per heavy atom. The normalized spacial score (nSPS) is 10.7. The number of ether oxygens (including phenoxy) is 1. The predicted molar refractivity (Wildman–Crippen MR) is 45.3 cm³/mol. The van der Waals surface area contributed by atoms with Crippen molar-refractivity contribution in [3.63, 3.8) is 0 Å². The molecule has 0 radical (unpaired) electrons. The number of rotatable bonds is 7. The third-order valence-electron chi connectivity index (χ3n) is 1.34. The second-order valence-electron chi connectivity index (χ2n) is 2.39. The molecule has 0 N–H and O–H groups in total. The van der Waals surface area contributed by atoms with Crippen molar-refractivity contribution in [1.82, 2.24) is 0 Å². The Hall–Kier alpha value is 0.0725. The molecule has 0 spiro atoms. The zero-order chi connectivity index (χ0) is 8.36. The van der Waals surface area contributed by atoms with Gasteiger partial charge in [-0.3, -0.25) is 0 Å². The molecular formula is C9H18CrO. The first-order valence-corrected chi connectivity index (χ1v) is 5.97. The maximum absolute atomic E-state index is 4.80. The molecule has 0 heterocycles. The summed E-state index contributed by atoms with van der Waals surface area (Å²) in [6.07, 6.45) is 8.05. The zero-order valence-electron chi connectivity index (χ0n) is 7.51. The van der Waals surface area contributed by atoms with E-state index in [0.717, 1.165) is 15.2 Å². The summed E-state index contributed by atoms with van der Waals surface area (Å²) in [5.41, 5.74) is 0. The molecular weight excluding hydrogens is 176 g/mol. The van der Waals surface area contributed by atoms with E-state index >= 15 is 0 Å². The van der Waals surface area contributed by atoms with Crippen molar-refractivity contribution in [2.45, 2.75) is 36.8 Å². The molecule has 66 valence electrons. The number of unbranched alkanes of at least 4 members (excludes halogenated alkanes) is 2. The molecule has 0 unspecified atom stereocenters. The molecule has 0 aromatic carbocycles. The SMILES string of the molecule is CCCC[CH2][Cr][CH2]C=COC. The molecule has 0 saturated heterocycles. The van der Waals surface area contributed by atoms with E-state index in [0.29, 0.717) is 0 Å². The van der Waals surface area contributed by atoms with Gasteiger partial charge in [-0.15, -0.1) is 0 Å². The van der Waals surface area contributed by atoms with Gasteiger partial charge in [0.1, 0.15) is 0 Å². The van der Waals surface area contributed by atoms with Crippen LogP contribution in [0, 0.1) is 0 Å². The molecule has 0 bridgehead atoms. The fraction of sp³-hybridized carbons (Fsp3) is 0.778. The summed E-state index contributed by atoms with van der Waals surface area (Å²) in [7, 11) is 1.70. The Bertz CT molecular complexity index is 91.6. The van der Waals surface area contributed by atoms with Crippen LogP contribution in [0.3, 0.4) is 0 Å². The molecule has 2 heteroatoms. The van der Waals surface area contributed by atoms with Gasteiger partial charge in [-0.05, 0) is 0 Å². The zero-order valence-corrected chi connectivity index (χ0v) is 8.78. The number of methoxy groups -OCH3 is 1. The fourth-order valence-corrected chi connectivity index (χ4v) is 1.97. The second kappa shape index (κ2) is 10.1. The van der Waals surface area contributed by atoms with Crippen molar-refractivity contribution in [3.8, 4) is 0 Å². The van der Waals surface area contributed by atoms with Crippen molar-refractivity contribution in [1.29, 1.82) is 0 Å². The molecule has 0 atom stereocenters. The molecule has 0 aromatic heterocycles. The molecule has 0 aliphatic rings. The van der Waals surface area contributed by atoms with Crippen LogP contribution < -0.4 is 0 Å². The average Bonchev–Trinajstić information content (AvgIpc) is 2.03. The van der Waals surface area contributed by atoms with Crippen molar-refractivity contribution >= 4 is 0 Å². The number of hydrogen-bond acceptors (Lipinski definition) is 1. The Morgan fingerprint density at radius 3 is 2.82 bits per heavy atom. The summed E-state index contributed by atoms with van der Waals surface area (Å²) in [4.78, 5) is 0. The topological polar surface area (TPSA) is 9.23 Å². The maximum atomic E-state index is 4.80. The van der Waals surface area contributed by atoms with Crippen molar-refractivity contribution in [2.24, 2.45) is 0 Å². The molecule has 0 aliphatic heterocycles. The Labute approximate surface area is 76.5 Å². The predicted octanol–water partition coefficient (Wildman–Crippen LogP) is 3.26. The summed E-state index contributed by atoms with van der Waals surface area (Å²) in [5.74, 6) is 0. The van der Waals surface area contributed by atoms with Crippen LogP contribution in [0.25, 0.3) is 0 Å². The van der Waals surface area contributed by atoms with Gasteiger partial charge in [0, 0.05) is 0 Å². The van der Waals surface area contributed by atoms with Crippen LogP contribution in [-0.2, 0) is 20.0 Å². The van der Waals surface area contributed by atoms with Gasteiger partial charge in [0.25, 0.3) is 0 Å². The minimum atomic E-state index is 0.810. The van der Waals surface area contributed by atoms with Crippen molar-refractivity contribution < 1.29 is 20.0 Å². The van der Waals surface area contributed by atoms with Gasteiger partial charge in [0.05, 0.1) is 0 Å². The third kappa shape index (κ3) is 10.1. The molecule has 0 amide bonds. The quantitative estimate of drug-likeness (QED) is 0.446. The Balaban J connectivity index is 2.85. The van der Waals surface area contributed by atoms with E-state index < -0.39 is 0 Å². The summed E-state index contributed by atoms with van der Waals surface area (Å²) in [6, 6.07) is 0. The van der Waals surface area contributed by atoms with E-state index in [-0.39, 0.29) is 0 Å². The monoisotopic (exact) mass is 194 g/mol. The second-order valence-corrected chi connectivity index (χ2v) is 4.19. The molecule has 11 heavy (non-hydrogen) atoms. The van der Waals surface area contributed by atoms with Gasteiger partial charge in [-0.25, -0.2) is 0 Å². The van der Waals surface area contributed by atoms with E-state index in [1.807, 2.05) is 0 Å². The van der Waals surface area contributed by atoms with Gasteiger partial charge in [-0.1, -0.05) is 0 Å². The first-order valence-electron chi connectivity index (χ1n) is 4.17.